The van der Waals surface area contributed by atoms with E-state index >= 15 is 0 Å². The lowest BCUT2D eigenvalue weighted by Crippen LogP contribution is -2.50. The summed E-state index contributed by atoms with van der Waals surface area (Å²) in [5.74, 6) is 0. The second kappa shape index (κ2) is 10.3. The number of fused-ring (bicyclic) bond motifs is 2. The molecule has 2 aliphatic carbocycles. The van der Waals surface area contributed by atoms with E-state index in [2.05, 4.69) is 101 Å². The van der Waals surface area contributed by atoms with Crippen LogP contribution in [0.25, 0.3) is 0 Å². The summed E-state index contributed by atoms with van der Waals surface area (Å²) < 4.78 is 0. The predicted octanol–water partition coefficient (Wildman–Crippen LogP) is 11.4. The molecular formula is C36H63BrSi3. The Morgan fingerprint density at radius 1 is 0.550 bits per heavy atom. The van der Waals surface area contributed by atoms with Crippen molar-refractivity contribution in [1.29, 1.82) is 0 Å². The summed E-state index contributed by atoms with van der Waals surface area (Å²) in [7, 11) is -2.98. The van der Waals surface area contributed by atoms with Crippen molar-refractivity contribution in [2.45, 2.75) is 181 Å². The molecule has 0 unspecified atom stereocenters. The first-order chi connectivity index (χ1) is 18.5. The SMILES string of the molecule is CCC1(CC)CC(CC)(CC)c2c1cc1c(c2[Si]2(Br)C([Si](C)(C)C)=C2[Si](C)(C)C)C(CC)(CC)CC1(CC)CC. The van der Waals surface area contributed by atoms with Crippen molar-refractivity contribution in [2.24, 2.45) is 0 Å². The lowest BCUT2D eigenvalue weighted by atomic mass is 9.70. The Bertz CT molecular complexity index is 1090. The van der Waals surface area contributed by atoms with E-state index in [4.69, 9.17) is 15.3 Å². The van der Waals surface area contributed by atoms with Crippen LogP contribution in [0.4, 0.5) is 0 Å². The molecule has 226 valence electrons. The Hall–Kier alpha value is 0.0906. The van der Waals surface area contributed by atoms with E-state index in [1.54, 1.807) is 0 Å². The van der Waals surface area contributed by atoms with Crippen LogP contribution in [0.3, 0.4) is 0 Å². The summed E-state index contributed by atoms with van der Waals surface area (Å²) >= 11 is 4.93. The van der Waals surface area contributed by atoms with Gasteiger partial charge in [-0.2, -0.15) is 0 Å². The maximum atomic E-state index is 4.93. The van der Waals surface area contributed by atoms with Crippen LogP contribution in [-0.4, -0.2) is 22.8 Å². The van der Waals surface area contributed by atoms with Crippen molar-refractivity contribution >= 4 is 43.3 Å². The quantitative estimate of drug-likeness (QED) is 0.164. The molecule has 0 spiro atoms. The number of rotatable bonds is 11. The maximum Gasteiger partial charge on any atom is 0.205 e. The van der Waals surface area contributed by atoms with Crippen molar-refractivity contribution in [1.82, 2.24) is 0 Å². The first-order valence-corrected chi connectivity index (χ1v) is 28.4. The fourth-order valence-corrected chi connectivity index (χ4v) is 44.6. The average Bonchev–Trinajstić information content (AvgIpc) is 3.38. The minimum Gasteiger partial charge on any atom is -0.109 e. The lowest BCUT2D eigenvalue weighted by Gasteiger charge is -2.38. The summed E-state index contributed by atoms with van der Waals surface area (Å²) in [6.07, 6.45) is 13.0. The molecule has 0 radical (unpaired) electrons. The Morgan fingerprint density at radius 2 is 0.825 bits per heavy atom. The number of hydrogen-bond donors (Lipinski definition) is 0. The largest absolute Gasteiger partial charge is 0.205 e. The number of hydrogen-bond acceptors (Lipinski definition) is 0. The van der Waals surface area contributed by atoms with Crippen molar-refractivity contribution in [3.63, 3.8) is 0 Å². The second-order valence-electron chi connectivity index (χ2n) is 16.3. The summed E-state index contributed by atoms with van der Waals surface area (Å²) in [4.78, 5) is 4.01. The molecule has 4 heteroatoms. The van der Waals surface area contributed by atoms with Gasteiger partial charge in [-0.1, -0.05) is 110 Å². The first kappa shape index (κ1) is 33.0. The van der Waals surface area contributed by atoms with Gasteiger partial charge < -0.3 is 0 Å². The van der Waals surface area contributed by atoms with E-state index in [9.17, 15) is 0 Å². The van der Waals surface area contributed by atoms with Crippen molar-refractivity contribution in [2.75, 3.05) is 0 Å². The Morgan fingerprint density at radius 3 is 1.05 bits per heavy atom. The lowest BCUT2D eigenvalue weighted by molar-refractivity contribution is 0.279. The highest BCUT2D eigenvalue weighted by Gasteiger charge is 2.68. The van der Waals surface area contributed by atoms with Gasteiger partial charge in [0.05, 0.1) is 16.1 Å². The highest BCUT2D eigenvalue weighted by molar-refractivity contribution is 9.27. The minimum absolute atomic E-state index is 0.314. The zero-order chi connectivity index (χ0) is 30.3. The van der Waals surface area contributed by atoms with Crippen LogP contribution in [0.5, 0.6) is 0 Å². The molecular weight excluding hydrogens is 597 g/mol. The van der Waals surface area contributed by atoms with Gasteiger partial charge in [-0.15, -0.1) is 15.3 Å². The third-order valence-corrected chi connectivity index (χ3v) is 32.6. The maximum absolute atomic E-state index is 4.93. The van der Waals surface area contributed by atoms with Crippen LogP contribution in [-0.2, 0) is 21.7 Å². The average molecular weight is 660 g/mol. The molecule has 1 aromatic rings. The molecule has 0 bridgehead atoms. The molecule has 0 nitrogen and oxygen atoms in total. The number of benzene rings is 1. The molecule has 40 heavy (non-hydrogen) atoms. The van der Waals surface area contributed by atoms with Crippen molar-refractivity contribution in [3.05, 3.63) is 38.0 Å². The molecule has 0 N–H and O–H groups in total. The second-order valence-corrected chi connectivity index (χ2v) is 33.7. The molecule has 0 amide bonds. The van der Waals surface area contributed by atoms with Gasteiger partial charge >= 0.3 is 0 Å². The van der Waals surface area contributed by atoms with E-state index in [0.717, 1.165) is 0 Å². The van der Waals surface area contributed by atoms with E-state index in [1.807, 2.05) is 37.1 Å². The van der Waals surface area contributed by atoms with Gasteiger partial charge in [0.1, 0.15) is 0 Å². The van der Waals surface area contributed by atoms with E-state index < -0.39 is 22.8 Å². The monoisotopic (exact) mass is 658 g/mol. The topological polar surface area (TPSA) is 0 Å². The third kappa shape index (κ3) is 4.17. The summed E-state index contributed by atoms with van der Waals surface area (Å²) in [5.41, 5.74) is 8.69. The summed E-state index contributed by atoms with van der Waals surface area (Å²) in [5, 5.41) is 1.95. The summed E-state index contributed by atoms with van der Waals surface area (Å²) in [6, 6.07) is 2.89. The zero-order valence-corrected chi connectivity index (χ0v) is 33.6. The molecule has 1 heterocycles. The minimum atomic E-state index is -2.08. The molecule has 1 aromatic carbocycles. The Balaban J connectivity index is 2.31. The first-order valence-electron chi connectivity index (χ1n) is 17.2. The van der Waals surface area contributed by atoms with Gasteiger partial charge in [-0.05, 0) is 113 Å². The van der Waals surface area contributed by atoms with Gasteiger partial charge in [-0.25, -0.2) is 0 Å². The number of halogens is 1. The van der Waals surface area contributed by atoms with Gasteiger partial charge in [0, 0.05) is 0 Å². The fraction of sp³-hybridized carbons (Fsp3) is 0.778. The van der Waals surface area contributed by atoms with Crippen LogP contribution in [0.1, 0.15) is 142 Å². The van der Waals surface area contributed by atoms with Gasteiger partial charge in [0.25, 0.3) is 0 Å². The van der Waals surface area contributed by atoms with Gasteiger partial charge in [0.15, 0.2) is 0 Å². The molecule has 0 saturated carbocycles. The van der Waals surface area contributed by atoms with Gasteiger partial charge in [0.2, 0.25) is 6.69 Å². The highest BCUT2D eigenvalue weighted by Crippen LogP contribution is 2.65. The zero-order valence-electron chi connectivity index (χ0n) is 29.0. The van der Waals surface area contributed by atoms with E-state index in [0.29, 0.717) is 21.7 Å². The molecule has 0 fully saturated rings. The van der Waals surface area contributed by atoms with Crippen LogP contribution < -0.4 is 5.19 Å². The smallest absolute Gasteiger partial charge is 0.109 e. The Kier molecular flexibility index (Phi) is 8.52. The molecule has 0 saturated heterocycles. The van der Waals surface area contributed by atoms with Crippen molar-refractivity contribution < 1.29 is 0 Å². The predicted molar refractivity (Wildman–Crippen MR) is 193 cm³/mol. The van der Waals surface area contributed by atoms with E-state index in [-0.39, 0.29) is 0 Å². The normalized spacial score (nSPS) is 23.4. The molecule has 0 atom stereocenters. The van der Waals surface area contributed by atoms with Crippen LogP contribution in [0.2, 0.25) is 39.3 Å². The molecule has 0 aromatic heterocycles. The van der Waals surface area contributed by atoms with Crippen LogP contribution >= 0.6 is 15.3 Å². The van der Waals surface area contributed by atoms with Crippen LogP contribution in [0, 0.1) is 0 Å². The van der Waals surface area contributed by atoms with Crippen molar-refractivity contribution in [3.8, 4) is 0 Å². The molecule has 3 aliphatic rings. The fourth-order valence-electron chi connectivity index (χ4n) is 10.4. The van der Waals surface area contributed by atoms with Gasteiger partial charge in [-0.3, -0.25) is 0 Å². The summed E-state index contributed by atoms with van der Waals surface area (Å²) in [6.45, 7) is 34.0. The van der Waals surface area contributed by atoms with E-state index in [1.165, 1.54) is 64.2 Å². The highest BCUT2D eigenvalue weighted by atomic mass is 79.9. The third-order valence-electron chi connectivity index (χ3n) is 13.0. The standard InChI is InChI=1S/C36H63BrSi3/c1-15-33(16-2)24-35(19-5,20-6)28-26(33)23-27-29(36(21-7,22-8)25-34(27,17-3)18-4)30(28)40(37)31(38(9,10)11)32(40)39(12,13)14/h23H,15-22,24-25H2,1-14H3. The Labute approximate surface area is 260 Å². The molecule has 4 rings (SSSR count). The van der Waals surface area contributed by atoms with Crippen LogP contribution in [0.15, 0.2) is 15.7 Å². The molecule has 1 aliphatic heterocycles.